The van der Waals surface area contributed by atoms with Gasteiger partial charge in [-0.25, -0.2) is 4.98 Å². The zero-order chi connectivity index (χ0) is 21.1. The molecule has 0 aliphatic rings. The number of aryl methyl sites for hydroxylation is 1. The van der Waals surface area contributed by atoms with E-state index in [9.17, 15) is 0 Å². The molecule has 0 atom stereocenters. The van der Waals surface area contributed by atoms with Crippen molar-refractivity contribution in [1.29, 1.82) is 0 Å². The summed E-state index contributed by atoms with van der Waals surface area (Å²) >= 11 is 0. The first-order valence-corrected chi connectivity index (χ1v) is 9.59. The number of pyridine rings is 2. The molecule has 0 aliphatic carbocycles. The summed E-state index contributed by atoms with van der Waals surface area (Å²) in [6.07, 6.45) is 3.59. The van der Waals surface area contributed by atoms with Gasteiger partial charge in [0.2, 0.25) is 5.88 Å². The van der Waals surface area contributed by atoms with Crippen molar-refractivity contribution < 1.29 is 9.47 Å². The lowest BCUT2D eigenvalue weighted by Crippen LogP contribution is -2.05. The van der Waals surface area contributed by atoms with E-state index in [0.717, 1.165) is 16.9 Å². The third-order valence-corrected chi connectivity index (χ3v) is 5.10. The Hall–Kier alpha value is -3.58. The van der Waals surface area contributed by atoms with Gasteiger partial charge in [0.05, 0.1) is 19.0 Å². The maximum absolute atomic E-state index is 5.30. The minimum atomic E-state index is 0.319. The fourth-order valence-corrected chi connectivity index (χ4v) is 3.35. The smallest absolute Gasteiger partial charge is 0.213 e. The third kappa shape index (κ3) is 3.67. The van der Waals surface area contributed by atoms with Gasteiger partial charge in [0.1, 0.15) is 12.3 Å². The lowest BCUT2D eigenvalue weighted by molar-refractivity contribution is 0.176. The first-order valence-electron chi connectivity index (χ1n) is 9.59. The van der Waals surface area contributed by atoms with Crippen LogP contribution in [0.2, 0.25) is 0 Å². The molecule has 0 saturated carbocycles. The minimum Gasteiger partial charge on any atom is -0.481 e. The van der Waals surface area contributed by atoms with Crippen LogP contribution in [0.15, 0.2) is 54.9 Å². The SMILES string of the molecule is COCc1nnc(-c2ccc(-c3cccc(C)c3C)cn2)n1-c1ccc(OC)nc1. The summed E-state index contributed by atoms with van der Waals surface area (Å²) in [7, 11) is 3.21. The highest BCUT2D eigenvalue weighted by Crippen LogP contribution is 2.28. The molecule has 4 rings (SSSR count). The summed E-state index contributed by atoms with van der Waals surface area (Å²) in [6, 6.07) is 14.0. The molecule has 0 bridgehead atoms. The van der Waals surface area contributed by atoms with Gasteiger partial charge in [0.25, 0.3) is 0 Å². The summed E-state index contributed by atoms with van der Waals surface area (Å²) < 4.78 is 12.4. The van der Waals surface area contributed by atoms with Crippen molar-refractivity contribution in [2.75, 3.05) is 14.2 Å². The van der Waals surface area contributed by atoms with Crippen LogP contribution in [0.25, 0.3) is 28.3 Å². The van der Waals surface area contributed by atoms with Gasteiger partial charge in [-0.2, -0.15) is 0 Å². The Bertz CT molecular complexity index is 1150. The molecule has 30 heavy (non-hydrogen) atoms. The Kier molecular flexibility index (Phi) is 5.54. The Morgan fingerprint density at radius 2 is 1.77 bits per heavy atom. The molecule has 0 amide bonds. The zero-order valence-electron chi connectivity index (χ0n) is 17.5. The number of ether oxygens (including phenoxy) is 2. The van der Waals surface area contributed by atoms with Crippen LogP contribution in [0.5, 0.6) is 5.88 Å². The molecule has 3 heterocycles. The van der Waals surface area contributed by atoms with E-state index in [0.29, 0.717) is 24.1 Å². The first-order chi connectivity index (χ1) is 14.6. The lowest BCUT2D eigenvalue weighted by Gasteiger charge is -2.11. The summed E-state index contributed by atoms with van der Waals surface area (Å²) in [5.74, 6) is 1.83. The molecular weight excluding hydrogens is 378 g/mol. The number of aromatic nitrogens is 5. The van der Waals surface area contributed by atoms with Gasteiger partial charge in [-0.3, -0.25) is 9.55 Å². The Labute approximate surface area is 175 Å². The predicted octanol–water partition coefficient (Wildman–Crippen LogP) is 4.16. The molecule has 0 unspecified atom stereocenters. The van der Waals surface area contributed by atoms with Crippen molar-refractivity contribution in [3.05, 3.63) is 71.8 Å². The molecule has 152 valence electrons. The molecule has 0 aliphatic heterocycles. The molecule has 4 aromatic rings. The van der Waals surface area contributed by atoms with Crippen LogP contribution in [0.4, 0.5) is 0 Å². The van der Waals surface area contributed by atoms with Crippen LogP contribution in [0.1, 0.15) is 17.0 Å². The maximum Gasteiger partial charge on any atom is 0.213 e. The topological polar surface area (TPSA) is 75.0 Å². The molecule has 7 nitrogen and oxygen atoms in total. The van der Waals surface area contributed by atoms with Crippen LogP contribution in [-0.2, 0) is 11.3 Å². The molecule has 3 aromatic heterocycles. The largest absolute Gasteiger partial charge is 0.481 e. The van der Waals surface area contributed by atoms with Crippen molar-refractivity contribution in [1.82, 2.24) is 24.7 Å². The maximum atomic E-state index is 5.30. The number of hydrogen-bond donors (Lipinski definition) is 0. The zero-order valence-corrected chi connectivity index (χ0v) is 17.5. The van der Waals surface area contributed by atoms with E-state index in [4.69, 9.17) is 9.47 Å². The molecule has 0 N–H and O–H groups in total. The number of rotatable bonds is 6. The lowest BCUT2D eigenvalue weighted by atomic mass is 9.98. The number of benzene rings is 1. The Morgan fingerprint density at radius 1 is 0.900 bits per heavy atom. The molecule has 1 aromatic carbocycles. The van der Waals surface area contributed by atoms with Gasteiger partial charge in [0.15, 0.2) is 11.6 Å². The van der Waals surface area contributed by atoms with Crippen molar-refractivity contribution in [2.45, 2.75) is 20.5 Å². The summed E-state index contributed by atoms with van der Waals surface area (Å²) in [4.78, 5) is 8.98. The number of hydrogen-bond acceptors (Lipinski definition) is 6. The fourth-order valence-electron chi connectivity index (χ4n) is 3.35. The third-order valence-electron chi connectivity index (χ3n) is 5.10. The second kappa shape index (κ2) is 8.42. The number of nitrogens with zero attached hydrogens (tertiary/aromatic N) is 5. The molecule has 0 radical (unpaired) electrons. The van der Waals surface area contributed by atoms with Crippen LogP contribution in [-0.4, -0.2) is 39.0 Å². The Balaban J connectivity index is 1.76. The average Bonchev–Trinajstić information content (AvgIpc) is 3.20. The van der Waals surface area contributed by atoms with E-state index in [-0.39, 0.29) is 0 Å². The van der Waals surface area contributed by atoms with Crippen molar-refractivity contribution in [2.24, 2.45) is 0 Å². The van der Waals surface area contributed by atoms with Gasteiger partial charge in [0, 0.05) is 24.9 Å². The van der Waals surface area contributed by atoms with E-state index in [1.54, 1.807) is 26.5 Å². The molecule has 7 heteroatoms. The van der Waals surface area contributed by atoms with Gasteiger partial charge in [-0.1, -0.05) is 24.3 Å². The molecule has 0 saturated heterocycles. The quantitative estimate of drug-likeness (QED) is 0.483. The highest BCUT2D eigenvalue weighted by molar-refractivity contribution is 5.69. The van der Waals surface area contributed by atoms with Gasteiger partial charge in [-0.15, -0.1) is 10.2 Å². The fraction of sp³-hybridized carbons (Fsp3) is 0.217. The van der Waals surface area contributed by atoms with Crippen molar-refractivity contribution in [3.63, 3.8) is 0 Å². The van der Waals surface area contributed by atoms with E-state index in [1.165, 1.54) is 16.7 Å². The molecule has 0 fully saturated rings. The minimum absolute atomic E-state index is 0.319. The predicted molar refractivity (Wildman–Crippen MR) is 115 cm³/mol. The molecular formula is C23H23N5O2. The van der Waals surface area contributed by atoms with E-state index < -0.39 is 0 Å². The molecule has 0 spiro atoms. The monoisotopic (exact) mass is 401 g/mol. The summed E-state index contributed by atoms with van der Waals surface area (Å²) in [5, 5.41) is 8.67. The highest BCUT2D eigenvalue weighted by Gasteiger charge is 2.17. The average molecular weight is 401 g/mol. The normalized spacial score (nSPS) is 10.9. The van der Waals surface area contributed by atoms with E-state index in [2.05, 4.69) is 58.3 Å². The second-order valence-corrected chi connectivity index (χ2v) is 6.95. The van der Waals surface area contributed by atoms with Crippen molar-refractivity contribution >= 4 is 0 Å². The van der Waals surface area contributed by atoms with Crippen LogP contribution in [0.3, 0.4) is 0 Å². The second-order valence-electron chi connectivity index (χ2n) is 6.95. The number of methoxy groups -OCH3 is 2. The first kappa shape index (κ1) is 19.7. The Morgan fingerprint density at radius 3 is 2.43 bits per heavy atom. The highest BCUT2D eigenvalue weighted by atomic mass is 16.5. The van der Waals surface area contributed by atoms with E-state index in [1.807, 2.05) is 22.9 Å². The van der Waals surface area contributed by atoms with Crippen molar-refractivity contribution in [3.8, 4) is 34.2 Å². The standard InChI is InChI=1S/C23H23N5O2/c1-15-6-5-7-19(16(15)2)17-8-10-20(24-12-17)23-27-26-21(14-29-3)28(23)18-9-11-22(30-4)25-13-18/h5-13H,14H2,1-4H3. The van der Waals surface area contributed by atoms with Crippen LogP contribution in [0, 0.1) is 13.8 Å². The van der Waals surface area contributed by atoms with Gasteiger partial charge >= 0.3 is 0 Å². The summed E-state index contributed by atoms with van der Waals surface area (Å²) in [5.41, 5.74) is 6.27. The summed E-state index contributed by atoms with van der Waals surface area (Å²) in [6.45, 7) is 4.56. The van der Waals surface area contributed by atoms with E-state index >= 15 is 0 Å². The van der Waals surface area contributed by atoms with Crippen LogP contribution >= 0.6 is 0 Å². The van der Waals surface area contributed by atoms with Gasteiger partial charge in [-0.05, 0) is 42.7 Å². The van der Waals surface area contributed by atoms with Crippen LogP contribution < -0.4 is 4.74 Å². The van der Waals surface area contributed by atoms with Gasteiger partial charge < -0.3 is 9.47 Å².